The first kappa shape index (κ1) is 17.3. The van der Waals surface area contributed by atoms with Gasteiger partial charge in [-0.3, -0.25) is 4.79 Å². The van der Waals surface area contributed by atoms with Crippen molar-refractivity contribution in [3.63, 3.8) is 0 Å². The van der Waals surface area contributed by atoms with Crippen LogP contribution in [0.4, 0.5) is 11.5 Å². The van der Waals surface area contributed by atoms with Crippen molar-refractivity contribution in [1.82, 2.24) is 14.9 Å². The molecule has 0 bridgehead atoms. The van der Waals surface area contributed by atoms with E-state index in [9.17, 15) is 4.79 Å². The Morgan fingerprint density at radius 2 is 1.88 bits per heavy atom. The number of nitrogen functional groups attached to an aromatic ring is 1. The largest absolute Gasteiger partial charge is 0.334 e. The summed E-state index contributed by atoms with van der Waals surface area (Å²) in [6, 6.07) is 15.1. The third-order valence-electron chi connectivity index (χ3n) is 3.49. The Kier molecular flexibility index (Phi) is 5.25. The number of nitrogens with two attached hydrogens (primary N) is 1. The van der Waals surface area contributed by atoms with E-state index in [1.807, 2.05) is 55.5 Å². The summed E-state index contributed by atoms with van der Waals surface area (Å²) < 4.78 is 0.991. The quantitative estimate of drug-likeness (QED) is 0.527. The molecule has 0 unspecified atom stereocenters. The minimum Gasteiger partial charge on any atom is -0.334 e. The topological polar surface area (TPSA) is 85.8 Å². The van der Waals surface area contributed by atoms with Gasteiger partial charge in [0.2, 0.25) is 11.0 Å². The molecule has 0 fully saturated rings. The number of hydrogen-bond acceptors (Lipinski definition) is 6. The van der Waals surface area contributed by atoms with Gasteiger partial charge in [0.05, 0.1) is 0 Å². The first-order valence-corrected chi connectivity index (χ1v) is 8.85. The lowest BCUT2D eigenvalue weighted by Gasteiger charge is -2.09. The monoisotopic (exact) mass is 373 g/mol. The molecule has 1 heterocycles. The number of nitrogens with zero attached hydrogens (tertiary/aromatic N) is 3. The van der Waals surface area contributed by atoms with Crippen LogP contribution >= 0.6 is 23.4 Å². The second kappa shape index (κ2) is 7.58. The molecule has 0 spiro atoms. The summed E-state index contributed by atoms with van der Waals surface area (Å²) in [6.45, 7) is 1.99. The van der Waals surface area contributed by atoms with Gasteiger partial charge in [0, 0.05) is 16.5 Å². The number of nitrogens with one attached hydrogen (secondary N) is 1. The molecular weight excluding hydrogens is 358 g/mol. The first-order valence-electron chi connectivity index (χ1n) is 7.49. The molecule has 6 nitrogen and oxygen atoms in total. The lowest BCUT2D eigenvalue weighted by atomic mass is 10.2. The normalized spacial score (nSPS) is 10.6. The van der Waals surface area contributed by atoms with Gasteiger partial charge in [0.15, 0.2) is 0 Å². The Hall–Kier alpha value is -2.51. The second-order valence-corrected chi connectivity index (χ2v) is 6.73. The molecule has 0 aliphatic rings. The summed E-state index contributed by atoms with van der Waals surface area (Å²) >= 11 is 7.43. The van der Waals surface area contributed by atoms with Crippen LogP contribution in [0.15, 0.2) is 58.5 Å². The van der Waals surface area contributed by atoms with Gasteiger partial charge < -0.3 is 11.2 Å². The van der Waals surface area contributed by atoms with Crippen LogP contribution in [0, 0.1) is 6.92 Å². The van der Waals surface area contributed by atoms with Crippen molar-refractivity contribution >= 4 is 34.9 Å². The first-order chi connectivity index (χ1) is 12.0. The van der Waals surface area contributed by atoms with E-state index in [0.717, 1.165) is 21.5 Å². The Bertz CT molecular complexity index is 943. The predicted octanol–water partition coefficient (Wildman–Crippen LogP) is 3.35. The molecule has 0 radical (unpaired) electrons. The van der Waals surface area contributed by atoms with E-state index >= 15 is 0 Å². The fourth-order valence-corrected chi connectivity index (χ4v) is 3.23. The molecule has 0 aliphatic heterocycles. The molecule has 128 valence electrons. The second-order valence-electron chi connectivity index (χ2n) is 5.38. The van der Waals surface area contributed by atoms with Crippen molar-refractivity contribution in [3.05, 3.63) is 75.0 Å². The van der Waals surface area contributed by atoms with E-state index < -0.39 is 5.56 Å². The zero-order valence-electron chi connectivity index (χ0n) is 13.4. The average molecular weight is 374 g/mol. The van der Waals surface area contributed by atoms with Crippen LogP contribution < -0.4 is 16.7 Å². The highest BCUT2D eigenvalue weighted by Crippen LogP contribution is 2.24. The number of anilines is 2. The number of hydrogen-bond donors (Lipinski definition) is 2. The van der Waals surface area contributed by atoms with E-state index in [0.29, 0.717) is 15.9 Å². The highest BCUT2D eigenvalue weighted by molar-refractivity contribution is 7.98. The SMILES string of the molecule is Cc1ccc(Nc2nnc(SCc3ccccc3Cl)n(N)c2=O)cc1. The third kappa shape index (κ3) is 4.12. The number of thioether (sulfide) groups is 1. The van der Waals surface area contributed by atoms with Gasteiger partial charge in [-0.15, -0.1) is 10.2 Å². The molecule has 2 aromatic carbocycles. The maximum atomic E-state index is 12.4. The summed E-state index contributed by atoms with van der Waals surface area (Å²) in [7, 11) is 0. The Balaban J connectivity index is 1.77. The highest BCUT2D eigenvalue weighted by atomic mass is 35.5. The zero-order chi connectivity index (χ0) is 17.8. The summed E-state index contributed by atoms with van der Waals surface area (Å²) in [5.74, 6) is 6.49. The van der Waals surface area contributed by atoms with Gasteiger partial charge in [-0.2, -0.15) is 4.68 Å². The minimum atomic E-state index is -0.447. The summed E-state index contributed by atoms with van der Waals surface area (Å²) in [4.78, 5) is 12.4. The molecule has 0 saturated carbocycles. The average Bonchev–Trinajstić information content (AvgIpc) is 2.61. The molecule has 0 atom stereocenters. The molecule has 3 rings (SSSR count). The number of aryl methyl sites for hydroxylation is 1. The molecule has 0 amide bonds. The number of benzene rings is 2. The van der Waals surface area contributed by atoms with Crippen molar-refractivity contribution in [2.45, 2.75) is 17.8 Å². The van der Waals surface area contributed by atoms with E-state index in [1.54, 1.807) is 0 Å². The van der Waals surface area contributed by atoms with Crippen LogP contribution in [-0.4, -0.2) is 14.9 Å². The third-order valence-corrected chi connectivity index (χ3v) is 4.85. The fraction of sp³-hybridized carbons (Fsp3) is 0.118. The van der Waals surface area contributed by atoms with Gasteiger partial charge >= 0.3 is 5.56 Å². The van der Waals surface area contributed by atoms with Crippen LogP contribution in [0.25, 0.3) is 0 Å². The predicted molar refractivity (Wildman–Crippen MR) is 102 cm³/mol. The zero-order valence-corrected chi connectivity index (χ0v) is 15.0. The van der Waals surface area contributed by atoms with Gasteiger partial charge in [0.1, 0.15) is 0 Å². The van der Waals surface area contributed by atoms with Crippen LogP contribution in [0.2, 0.25) is 5.02 Å². The van der Waals surface area contributed by atoms with Gasteiger partial charge in [-0.1, -0.05) is 59.3 Å². The van der Waals surface area contributed by atoms with Crippen LogP contribution in [-0.2, 0) is 5.75 Å². The lowest BCUT2D eigenvalue weighted by Crippen LogP contribution is -2.32. The molecule has 3 aromatic rings. The number of halogens is 1. The van der Waals surface area contributed by atoms with Crippen molar-refractivity contribution in [1.29, 1.82) is 0 Å². The van der Waals surface area contributed by atoms with Gasteiger partial charge in [-0.25, -0.2) is 0 Å². The molecule has 8 heteroatoms. The lowest BCUT2D eigenvalue weighted by molar-refractivity contribution is 0.705. The van der Waals surface area contributed by atoms with Gasteiger partial charge in [-0.05, 0) is 30.7 Å². The molecule has 0 saturated heterocycles. The molecule has 0 aliphatic carbocycles. The maximum Gasteiger partial charge on any atom is 0.315 e. The Morgan fingerprint density at radius 1 is 1.16 bits per heavy atom. The summed E-state index contributed by atoms with van der Waals surface area (Å²) in [5.41, 5.74) is 2.36. The minimum absolute atomic E-state index is 0.0773. The van der Waals surface area contributed by atoms with E-state index in [1.165, 1.54) is 11.8 Å². The Labute approximate surface area is 154 Å². The standard InChI is InChI=1S/C17H16ClN5OS/c1-11-6-8-13(9-7-11)20-15-16(24)23(19)17(22-21-15)25-10-12-4-2-3-5-14(12)18/h2-9H,10,19H2,1H3,(H,20,21). The summed E-state index contributed by atoms with van der Waals surface area (Å²) in [6.07, 6.45) is 0. The fourth-order valence-electron chi connectivity index (χ4n) is 2.09. The van der Waals surface area contributed by atoms with E-state index in [-0.39, 0.29) is 5.82 Å². The molecular formula is C17H16ClN5OS. The smallest absolute Gasteiger partial charge is 0.315 e. The maximum absolute atomic E-state index is 12.4. The number of rotatable bonds is 5. The van der Waals surface area contributed by atoms with Crippen LogP contribution in [0.1, 0.15) is 11.1 Å². The number of aromatic nitrogens is 3. The molecule has 25 heavy (non-hydrogen) atoms. The van der Waals surface area contributed by atoms with Crippen LogP contribution in [0.3, 0.4) is 0 Å². The van der Waals surface area contributed by atoms with Crippen molar-refractivity contribution in [2.75, 3.05) is 11.2 Å². The van der Waals surface area contributed by atoms with Crippen molar-refractivity contribution < 1.29 is 0 Å². The molecule has 1 aromatic heterocycles. The highest BCUT2D eigenvalue weighted by Gasteiger charge is 2.12. The molecule has 3 N–H and O–H groups in total. The van der Waals surface area contributed by atoms with Crippen LogP contribution in [0.5, 0.6) is 0 Å². The van der Waals surface area contributed by atoms with E-state index in [4.69, 9.17) is 17.4 Å². The van der Waals surface area contributed by atoms with E-state index in [2.05, 4.69) is 15.5 Å². The summed E-state index contributed by atoms with van der Waals surface area (Å²) in [5, 5.41) is 11.9. The van der Waals surface area contributed by atoms with Crippen molar-refractivity contribution in [2.24, 2.45) is 0 Å². The van der Waals surface area contributed by atoms with Crippen molar-refractivity contribution in [3.8, 4) is 0 Å². The Morgan fingerprint density at radius 3 is 2.60 bits per heavy atom. The van der Waals surface area contributed by atoms with Gasteiger partial charge in [0.25, 0.3) is 0 Å².